The van der Waals surface area contributed by atoms with E-state index in [1.165, 1.54) is 18.2 Å². The predicted octanol–water partition coefficient (Wildman–Crippen LogP) is 3.34. The number of hydrogen-bond acceptors (Lipinski definition) is 10. The number of aromatic hydroxyl groups is 1. The van der Waals surface area contributed by atoms with Gasteiger partial charge < -0.3 is 41.2 Å². The van der Waals surface area contributed by atoms with Gasteiger partial charge in [0.05, 0.1) is 31.2 Å². The lowest BCUT2D eigenvalue weighted by Gasteiger charge is -2.17. The second-order valence-corrected chi connectivity index (χ2v) is 12.6. The minimum Gasteiger partial charge on any atom is -0.505 e. The maximum absolute atomic E-state index is 14.0. The minimum absolute atomic E-state index is 0.0163. The first-order chi connectivity index (χ1) is 26.7. The summed E-state index contributed by atoms with van der Waals surface area (Å²) in [6, 6.07) is 16.0. The molecule has 290 valence electrons. The average molecular weight is 789 g/mol. The van der Waals surface area contributed by atoms with Crippen LogP contribution >= 0.6 is 12.2 Å². The normalized spacial score (nSPS) is 14.2. The molecule has 15 nitrogen and oxygen atoms in total. The molecule has 3 aliphatic rings. The van der Waals surface area contributed by atoms with E-state index in [1.807, 2.05) is 0 Å². The van der Waals surface area contributed by atoms with Gasteiger partial charge in [-0.15, -0.1) is 0 Å². The van der Waals surface area contributed by atoms with Gasteiger partial charge in [-0.3, -0.25) is 29.3 Å². The summed E-state index contributed by atoms with van der Waals surface area (Å²) in [6.07, 6.45) is 0.345. The fourth-order valence-corrected chi connectivity index (χ4v) is 5.71. The van der Waals surface area contributed by atoms with E-state index in [-0.39, 0.29) is 83.1 Å². The van der Waals surface area contributed by atoms with Gasteiger partial charge in [-0.25, -0.2) is 13.6 Å². The summed E-state index contributed by atoms with van der Waals surface area (Å²) in [7, 11) is 1.71. The molecule has 2 heterocycles. The third kappa shape index (κ3) is 10.0. The lowest BCUT2D eigenvalue weighted by atomic mass is 9.90. The summed E-state index contributed by atoms with van der Waals surface area (Å²) in [6.45, 7) is -0.319. The Bertz CT molecular complexity index is 2350. The topological polar surface area (TPSA) is 228 Å². The molecule has 8 N–H and O–H groups in total. The number of anilines is 2. The van der Waals surface area contributed by atoms with Crippen molar-refractivity contribution in [1.82, 2.24) is 21.3 Å². The largest absolute Gasteiger partial charge is 0.505 e. The molecule has 6 rings (SSSR count). The summed E-state index contributed by atoms with van der Waals surface area (Å²) >= 11 is 5.01. The number of thiocarbonyl (C=S) groups is 1. The zero-order valence-electron chi connectivity index (χ0n) is 29.5. The second kappa shape index (κ2) is 18.0. The van der Waals surface area contributed by atoms with Crippen LogP contribution in [0, 0.1) is 11.6 Å². The zero-order valence-corrected chi connectivity index (χ0v) is 30.3. The number of rotatable bonds is 7. The fourth-order valence-electron chi connectivity index (χ4n) is 5.59. The van der Waals surface area contributed by atoms with Gasteiger partial charge in [0.1, 0.15) is 11.3 Å². The van der Waals surface area contributed by atoms with E-state index in [2.05, 4.69) is 31.9 Å². The van der Waals surface area contributed by atoms with Crippen molar-refractivity contribution in [2.24, 2.45) is 0 Å². The molecule has 2 aliphatic heterocycles. The molecule has 18 heteroatoms. The van der Waals surface area contributed by atoms with Crippen molar-refractivity contribution in [2.75, 3.05) is 37.3 Å². The van der Waals surface area contributed by atoms with E-state index in [1.54, 1.807) is 37.4 Å². The maximum atomic E-state index is 14.0. The SMILES string of the molecule is CNC(=S)Nc1ccc(NC(=O)CNC(=O)C2CCC(=O)NCC(=O)CN2)cc1.O=C(O)c1ccccc1-c1c2cc(F)c(=O)cc-2oc2cc(O)c(F)cc12. The van der Waals surface area contributed by atoms with E-state index in [9.17, 15) is 47.8 Å². The molecule has 1 unspecified atom stereocenters. The summed E-state index contributed by atoms with van der Waals surface area (Å²) in [4.78, 5) is 70.9. The Hall–Kier alpha value is -6.79. The molecular weight excluding hydrogens is 755 g/mol. The zero-order chi connectivity index (χ0) is 40.5. The van der Waals surface area contributed by atoms with Crippen LogP contribution < -0.4 is 37.3 Å². The highest BCUT2D eigenvalue weighted by Gasteiger charge is 2.25. The number of halogens is 2. The molecular formula is C38H34F2N6O9S. The molecule has 3 amide bonds. The molecule has 0 saturated carbocycles. The first-order valence-electron chi connectivity index (χ1n) is 16.8. The monoisotopic (exact) mass is 788 g/mol. The van der Waals surface area contributed by atoms with Crippen LogP contribution in [-0.4, -0.2) is 77.5 Å². The van der Waals surface area contributed by atoms with Crippen molar-refractivity contribution in [1.29, 1.82) is 0 Å². The number of nitrogens with one attached hydrogen (secondary N) is 6. The van der Waals surface area contributed by atoms with Crippen LogP contribution in [0.5, 0.6) is 5.75 Å². The standard InChI is InChI=1S/C20H10F2O5.C18H24N6O4S/c21-13-5-11-17(7-15(13)23)27-18-8-16(24)14(22)6-12(18)19(11)9-3-1-2-4-10(9)20(25)26;1-19-18(29)24-12-4-2-11(3-5-12)23-16(27)10-22-17(28)14-6-7-15(26)21-9-13(25)8-20-14/h1-8,23H,(H,25,26);2-5,14,20H,6-10H2,1H3,(H,21,26)(H,22,28)(H,23,27)(H2,19,24,29). The van der Waals surface area contributed by atoms with Gasteiger partial charge in [-0.05, 0) is 66.7 Å². The van der Waals surface area contributed by atoms with Crippen LogP contribution in [0.2, 0.25) is 0 Å². The molecule has 0 aromatic heterocycles. The number of carboxylic acid groups (broad SMARTS) is 1. The Kier molecular flexibility index (Phi) is 13.0. The van der Waals surface area contributed by atoms with Crippen molar-refractivity contribution >= 4 is 69.1 Å². The van der Waals surface area contributed by atoms with Crippen LogP contribution in [-0.2, 0) is 19.2 Å². The number of ketones is 1. The van der Waals surface area contributed by atoms with E-state index in [0.29, 0.717) is 10.8 Å². The lowest BCUT2D eigenvalue weighted by Crippen LogP contribution is -2.47. The number of carbonyl (C=O) groups is 5. The Morgan fingerprint density at radius 2 is 1.61 bits per heavy atom. The lowest BCUT2D eigenvalue weighted by molar-refractivity contribution is -0.126. The molecule has 3 aromatic rings. The Labute approximate surface area is 321 Å². The molecule has 0 bridgehead atoms. The van der Waals surface area contributed by atoms with Gasteiger partial charge in [0.2, 0.25) is 23.2 Å². The van der Waals surface area contributed by atoms with Crippen LogP contribution in [0.15, 0.2) is 82.0 Å². The van der Waals surface area contributed by atoms with Crippen LogP contribution in [0.25, 0.3) is 33.4 Å². The maximum Gasteiger partial charge on any atom is 0.336 e. The summed E-state index contributed by atoms with van der Waals surface area (Å²) in [5.41, 5.74) is 0.830. The fraction of sp³-hybridized carbons (Fsp3) is 0.184. The van der Waals surface area contributed by atoms with E-state index in [4.69, 9.17) is 16.6 Å². The van der Waals surface area contributed by atoms with E-state index >= 15 is 0 Å². The summed E-state index contributed by atoms with van der Waals surface area (Å²) in [5.74, 6) is -5.27. The molecule has 1 atom stereocenters. The smallest absolute Gasteiger partial charge is 0.336 e. The van der Waals surface area contributed by atoms with Gasteiger partial charge in [-0.1, -0.05) is 18.2 Å². The highest BCUT2D eigenvalue weighted by atomic mass is 32.1. The number of Topliss-reactive ketones (excluding diaryl/α,β-unsaturated/α-hetero) is 1. The quantitative estimate of drug-likeness (QED) is 0.0876. The number of amides is 3. The predicted molar refractivity (Wildman–Crippen MR) is 205 cm³/mol. The molecule has 3 aromatic carbocycles. The molecule has 0 radical (unpaired) electrons. The second-order valence-electron chi connectivity index (χ2n) is 12.2. The van der Waals surface area contributed by atoms with Crippen LogP contribution in [0.4, 0.5) is 20.2 Å². The van der Waals surface area contributed by atoms with Crippen LogP contribution in [0.3, 0.4) is 0 Å². The number of carbonyl (C=O) groups excluding carboxylic acids is 4. The summed E-state index contributed by atoms with van der Waals surface area (Å²) in [5, 5.41) is 36.0. The number of hydrogen-bond donors (Lipinski definition) is 8. The Morgan fingerprint density at radius 3 is 2.30 bits per heavy atom. The van der Waals surface area contributed by atoms with Crippen molar-refractivity contribution < 1.29 is 47.4 Å². The number of aromatic carboxylic acids is 1. The molecule has 1 saturated heterocycles. The molecule has 0 spiro atoms. The average Bonchev–Trinajstić information content (AvgIpc) is 3.25. The number of phenols is 1. The third-order valence-corrected chi connectivity index (χ3v) is 8.66. The van der Waals surface area contributed by atoms with Crippen molar-refractivity contribution in [3.63, 3.8) is 0 Å². The van der Waals surface area contributed by atoms with Gasteiger partial charge in [-0.2, -0.15) is 0 Å². The molecule has 56 heavy (non-hydrogen) atoms. The Balaban J connectivity index is 0.000000215. The van der Waals surface area contributed by atoms with Gasteiger partial charge >= 0.3 is 5.97 Å². The number of phenolic OH excluding ortho intramolecular Hbond substituents is 1. The van der Waals surface area contributed by atoms with E-state index < -0.39 is 46.6 Å². The molecule has 1 aliphatic carbocycles. The minimum atomic E-state index is -1.23. The number of carboxylic acids is 1. The Morgan fingerprint density at radius 1 is 0.911 bits per heavy atom. The van der Waals surface area contributed by atoms with E-state index in [0.717, 1.165) is 30.0 Å². The van der Waals surface area contributed by atoms with Crippen molar-refractivity contribution in [3.8, 4) is 28.2 Å². The van der Waals surface area contributed by atoms with Gasteiger partial charge in [0.15, 0.2) is 28.3 Å². The van der Waals surface area contributed by atoms with Crippen molar-refractivity contribution in [3.05, 3.63) is 100 Å². The first kappa shape index (κ1) is 40.4. The third-order valence-electron chi connectivity index (χ3n) is 8.35. The number of fused-ring (bicyclic) bond motifs is 2. The van der Waals surface area contributed by atoms with Crippen molar-refractivity contribution in [2.45, 2.75) is 18.9 Å². The highest BCUT2D eigenvalue weighted by molar-refractivity contribution is 7.80. The van der Waals surface area contributed by atoms with Gasteiger partial charge in [0, 0.05) is 53.5 Å². The highest BCUT2D eigenvalue weighted by Crippen LogP contribution is 2.42. The van der Waals surface area contributed by atoms with Crippen LogP contribution in [0.1, 0.15) is 23.2 Å². The number of benzene rings is 4. The summed E-state index contributed by atoms with van der Waals surface area (Å²) < 4.78 is 33.5. The first-order valence-corrected chi connectivity index (χ1v) is 17.2. The molecule has 1 fully saturated rings. The van der Waals surface area contributed by atoms with Gasteiger partial charge in [0.25, 0.3) is 0 Å².